The van der Waals surface area contributed by atoms with E-state index in [1.165, 1.54) is 12.7 Å². The van der Waals surface area contributed by atoms with Crippen molar-refractivity contribution in [1.82, 2.24) is 10.3 Å². The van der Waals surface area contributed by atoms with Crippen molar-refractivity contribution in [2.24, 2.45) is 0 Å². The first-order chi connectivity index (χ1) is 19.5. The molecule has 8 heteroatoms. The van der Waals surface area contributed by atoms with Crippen molar-refractivity contribution in [3.63, 3.8) is 0 Å². The zero-order valence-corrected chi connectivity index (χ0v) is 24.3. The maximum atomic E-state index is 12.1. The molecule has 0 spiro atoms. The largest absolute Gasteiger partial charge is 0.490 e. The van der Waals surface area contributed by atoms with Crippen molar-refractivity contribution >= 4 is 12.1 Å². The topological polar surface area (TPSA) is 96.0 Å². The highest BCUT2D eigenvalue weighted by Crippen LogP contribution is 2.39. The molecule has 6 rings (SSSR count). The van der Waals surface area contributed by atoms with Crippen LogP contribution in [0.4, 0.5) is 4.79 Å². The Morgan fingerprint density at radius 3 is 2.39 bits per heavy atom. The van der Waals surface area contributed by atoms with Crippen LogP contribution in [-0.2, 0) is 27.7 Å². The van der Waals surface area contributed by atoms with Gasteiger partial charge in [0.25, 0.3) is 0 Å². The first-order valence-corrected chi connectivity index (χ1v) is 14.1. The normalized spacial score (nSPS) is 23.3. The first kappa shape index (κ1) is 28.5. The molecule has 0 saturated heterocycles. The molecule has 0 unspecified atom stereocenters. The maximum absolute atomic E-state index is 12.1. The Bertz CT molecular complexity index is 1380. The molecule has 2 atom stereocenters. The Kier molecular flexibility index (Phi) is 7.93. The molecule has 8 nitrogen and oxygen atoms in total. The molecular formula is C33H38N2O6. The van der Waals surface area contributed by atoms with Crippen LogP contribution in [0.3, 0.4) is 0 Å². The fraction of sp³-hybridized carbons (Fsp3) is 0.424. The number of carbonyl (C=O) groups excluding carboxylic acids is 2. The van der Waals surface area contributed by atoms with E-state index >= 15 is 0 Å². The van der Waals surface area contributed by atoms with Crippen LogP contribution in [0.1, 0.15) is 67.8 Å². The molecule has 0 radical (unpaired) electrons. The van der Waals surface area contributed by atoms with Gasteiger partial charge in [-0.1, -0.05) is 37.3 Å². The van der Waals surface area contributed by atoms with Gasteiger partial charge in [-0.3, -0.25) is 0 Å². The number of esters is 1. The number of rotatable bonds is 7. The van der Waals surface area contributed by atoms with E-state index in [1.807, 2.05) is 57.2 Å². The number of methoxy groups -OCH3 is 1. The Labute approximate surface area is 241 Å². The van der Waals surface area contributed by atoms with E-state index in [0.29, 0.717) is 6.42 Å². The summed E-state index contributed by atoms with van der Waals surface area (Å²) < 4.78 is 23.0. The number of ether oxygens (including phenoxy) is 4. The van der Waals surface area contributed by atoms with Crippen molar-refractivity contribution in [3.8, 4) is 11.5 Å². The monoisotopic (exact) mass is 558 g/mol. The minimum Gasteiger partial charge on any atom is -0.490 e. The van der Waals surface area contributed by atoms with Gasteiger partial charge < -0.3 is 24.3 Å². The predicted octanol–water partition coefficient (Wildman–Crippen LogP) is 5.81. The molecule has 3 heterocycles. The van der Waals surface area contributed by atoms with Gasteiger partial charge in [0.15, 0.2) is 0 Å². The molecule has 3 aliphatic rings. The van der Waals surface area contributed by atoms with E-state index in [1.54, 1.807) is 6.07 Å². The highest BCUT2D eigenvalue weighted by atomic mass is 16.6. The minimum absolute atomic E-state index is 0.0416. The van der Waals surface area contributed by atoms with Gasteiger partial charge in [-0.25, -0.2) is 14.6 Å². The van der Waals surface area contributed by atoms with Crippen LogP contribution in [0, 0.1) is 0 Å². The Hall–Kier alpha value is -4.07. The third-order valence-corrected chi connectivity index (χ3v) is 7.71. The van der Waals surface area contributed by atoms with Gasteiger partial charge in [0, 0.05) is 36.4 Å². The predicted molar refractivity (Wildman–Crippen MR) is 154 cm³/mol. The average Bonchev–Trinajstić information content (AvgIpc) is 2.90. The molecule has 2 aliphatic heterocycles. The molecular weight excluding hydrogens is 520 g/mol. The van der Waals surface area contributed by atoms with E-state index in [9.17, 15) is 9.59 Å². The van der Waals surface area contributed by atoms with E-state index in [0.717, 1.165) is 42.0 Å². The van der Waals surface area contributed by atoms with Crippen LogP contribution < -0.4 is 14.8 Å². The van der Waals surface area contributed by atoms with Crippen LogP contribution in [0.15, 0.2) is 66.7 Å². The fourth-order valence-electron chi connectivity index (χ4n) is 5.44. The molecule has 1 saturated carbocycles. The third kappa shape index (κ3) is 6.81. The van der Waals surface area contributed by atoms with Gasteiger partial charge in [-0.2, -0.15) is 0 Å². The van der Waals surface area contributed by atoms with Crippen LogP contribution >= 0.6 is 0 Å². The summed E-state index contributed by atoms with van der Waals surface area (Å²) in [5.41, 5.74) is 2.49. The molecule has 1 N–H and O–H groups in total. The van der Waals surface area contributed by atoms with Gasteiger partial charge in [-0.15, -0.1) is 0 Å². The number of nitrogens with zero attached hydrogens (tertiary/aromatic N) is 1. The Balaban J connectivity index is 1.29. The number of pyridine rings is 1. The van der Waals surface area contributed by atoms with Crippen molar-refractivity contribution in [2.45, 2.75) is 82.6 Å². The number of nitrogens with one attached hydrogen (secondary N) is 1. The second-order valence-corrected chi connectivity index (χ2v) is 12.1. The molecule has 2 aromatic carbocycles. The third-order valence-electron chi connectivity index (χ3n) is 7.71. The second kappa shape index (κ2) is 11.4. The summed E-state index contributed by atoms with van der Waals surface area (Å²) in [6, 6.07) is 21.9. The number of carbonyl (C=O) groups is 2. The molecule has 1 aliphatic carbocycles. The van der Waals surface area contributed by atoms with Crippen LogP contribution in [-0.4, -0.2) is 48.0 Å². The number of fused-ring (bicyclic) bond motifs is 5. The average molecular weight is 559 g/mol. The lowest BCUT2D eigenvalue weighted by molar-refractivity contribution is 0.0362. The fourth-order valence-corrected chi connectivity index (χ4v) is 5.44. The smallest absolute Gasteiger partial charge is 0.407 e. The molecule has 3 aromatic rings. The maximum Gasteiger partial charge on any atom is 0.407 e. The Morgan fingerprint density at radius 1 is 1.02 bits per heavy atom. The van der Waals surface area contributed by atoms with E-state index in [-0.39, 0.29) is 29.4 Å². The van der Waals surface area contributed by atoms with Crippen LogP contribution in [0.2, 0.25) is 0 Å². The number of hydrogen-bond acceptors (Lipinski definition) is 7. The summed E-state index contributed by atoms with van der Waals surface area (Å²) in [7, 11) is 1.35. The minimum atomic E-state index is -0.518. The number of alkyl carbamates (subject to hydrolysis) is 1. The zero-order chi connectivity index (χ0) is 29.2. The van der Waals surface area contributed by atoms with Crippen LogP contribution in [0.25, 0.3) is 0 Å². The summed E-state index contributed by atoms with van der Waals surface area (Å²) in [4.78, 5) is 28.7. The summed E-state index contributed by atoms with van der Waals surface area (Å²) >= 11 is 0. The lowest BCUT2D eigenvalue weighted by Crippen LogP contribution is -2.50. The van der Waals surface area contributed by atoms with Crippen molar-refractivity contribution < 1.29 is 28.5 Å². The molecule has 1 fully saturated rings. The van der Waals surface area contributed by atoms with Gasteiger partial charge in [0.1, 0.15) is 35.0 Å². The van der Waals surface area contributed by atoms with Gasteiger partial charge in [-0.05, 0) is 74.7 Å². The Morgan fingerprint density at radius 2 is 1.73 bits per heavy atom. The van der Waals surface area contributed by atoms with Crippen LogP contribution in [0.5, 0.6) is 11.5 Å². The number of amides is 1. The van der Waals surface area contributed by atoms with Crippen molar-refractivity contribution in [3.05, 3.63) is 89.2 Å². The highest BCUT2D eigenvalue weighted by Gasteiger charge is 2.40. The van der Waals surface area contributed by atoms with E-state index in [2.05, 4.69) is 41.5 Å². The van der Waals surface area contributed by atoms with Gasteiger partial charge in [0.05, 0.1) is 7.11 Å². The lowest BCUT2D eigenvalue weighted by atomic mass is 9.71. The van der Waals surface area contributed by atoms with Gasteiger partial charge in [0.2, 0.25) is 0 Å². The van der Waals surface area contributed by atoms with Gasteiger partial charge >= 0.3 is 12.1 Å². The number of hydrogen-bond donors (Lipinski definition) is 1. The molecule has 1 aromatic heterocycles. The molecule has 41 heavy (non-hydrogen) atoms. The standard InChI is InChI=1S/C33H38N2O6/c1-32(2,3)41-31(37)35-24-17-27(18-24)39-25-15-11-22(12-16-25)33(4)20-21-9-13-26(14-10-21)40-29(33)19-23-7-6-8-28(34-23)30(36)38-5/h6-16,24,27,29H,17-20H2,1-5H3,(H,35,37)/t24?,27?,29-,33-/m1/s1. The summed E-state index contributed by atoms with van der Waals surface area (Å²) in [6.07, 6.45) is 2.18. The second-order valence-electron chi connectivity index (χ2n) is 12.1. The summed E-state index contributed by atoms with van der Waals surface area (Å²) in [5, 5.41) is 2.91. The summed E-state index contributed by atoms with van der Waals surface area (Å²) in [6.45, 7) is 7.77. The van der Waals surface area contributed by atoms with Crippen molar-refractivity contribution in [2.75, 3.05) is 7.11 Å². The number of benzene rings is 2. The SMILES string of the molecule is COC(=O)c1cccc(C[C@H]2Oc3ccc(cc3)C[C@]2(C)c2ccc(OC3CC(NC(=O)OC(C)(C)C)C3)cc2)n1. The highest BCUT2D eigenvalue weighted by molar-refractivity contribution is 5.87. The van der Waals surface area contributed by atoms with E-state index in [4.69, 9.17) is 18.9 Å². The molecule has 1 amide bonds. The summed E-state index contributed by atoms with van der Waals surface area (Å²) in [5.74, 6) is 1.13. The quantitative estimate of drug-likeness (QED) is 0.366. The zero-order valence-electron chi connectivity index (χ0n) is 24.3. The molecule has 216 valence electrons. The first-order valence-electron chi connectivity index (χ1n) is 14.1. The van der Waals surface area contributed by atoms with E-state index < -0.39 is 17.7 Å². The van der Waals surface area contributed by atoms with Crippen molar-refractivity contribution in [1.29, 1.82) is 0 Å². The molecule has 2 bridgehead atoms. The number of aromatic nitrogens is 1. The lowest BCUT2D eigenvalue weighted by Gasteiger charge is -2.40.